The maximum atomic E-state index is 11.7. The molecule has 1 aromatic carbocycles. The van der Waals surface area contributed by atoms with E-state index < -0.39 is 0 Å². The molecule has 1 aromatic rings. The van der Waals surface area contributed by atoms with Crippen molar-refractivity contribution in [3.63, 3.8) is 0 Å². The first kappa shape index (κ1) is 15.2. The van der Waals surface area contributed by atoms with Crippen molar-refractivity contribution < 1.29 is 4.79 Å². The Kier molecular flexibility index (Phi) is 6.04. The largest absolute Gasteiger partial charge is 0.326 e. The Labute approximate surface area is 115 Å². The predicted octanol–water partition coefficient (Wildman–Crippen LogP) is 2.62. The van der Waals surface area contributed by atoms with Crippen LogP contribution in [0.25, 0.3) is 0 Å². The summed E-state index contributed by atoms with van der Waals surface area (Å²) >= 11 is 0. The molecule has 0 aliphatic rings. The smallest absolute Gasteiger partial charge is 0.224 e. The van der Waals surface area contributed by atoms with Crippen molar-refractivity contribution >= 4 is 11.6 Å². The molecule has 0 fully saturated rings. The van der Waals surface area contributed by atoms with Crippen molar-refractivity contribution in [2.24, 2.45) is 0 Å². The fourth-order valence-corrected chi connectivity index (χ4v) is 1.60. The van der Waals surface area contributed by atoms with Gasteiger partial charge >= 0.3 is 0 Å². The molecule has 0 atom stereocenters. The van der Waals surface area contributed by atoms with Crippen molar-refractivity contribution in [1.29, 1.82) is 5.26 Å². The van der Waals surface area contributed by atoms with E-state index in [1.165, 1.54) is 0 Å². The third-order valence-corrected chi connectivity index (χ3v) is 3.09. The lowest BCUT2D eigenvalue weighted by Crippen LogP contribution is -2.28. The number of nitriles is 1. The van der Waals surface area contributed by atoms with Crippen LogP contribution < -0.4 is 5.32 Å². The molecule has 102 valence electrons. The molecule has 0 saturated heterocycles. The molecule has 1 amide bonds. The minimum Gasteiger partial charge on any atom is -0.326 e. The first-order valence-electron chi connectivity index (χ1n) is 6.53. The Balaban J connectivity index is 2.33. The molecule has 1 N–H and O–H groups in total. The molecule has 4 nitrogen and oxygen atoms in total. The number of hydrogen-bond acceptors (Lipinski definition) is 3. The Morgan fingerprint density at radius 2 is 2.00 bits per heavy atom. The number of hydrogen-bond donors (Lipinski definition) is 1. The van der Waals surface area contributed by atoms with Crippen LogP contribution in [0.4, 0.5) is 5.69 Å². The predicted molar refractivity (Wildman–Crippen MR) is 76.8 cm³/mol. The van der Waals surface area contributed by atoms with Gasteiger partial charge in [0.25, 0.3) is 0 Å². The Morgan fingerprint density at radius 1 is 1.37 bits per heavy atom. The average Bonchev–Trinajstić information content (AvgIpc) is 2.39. The lowest BCUT2D eigenvalue weighted by molar-refractivity contribution is -0.116. The molecule has 0 radical (unpaired) electrons. The van der Waals surface area contributed by atoms with E-state index in [-0.39, 0.29) is 5.91 Å². The third-order valence-electron chi connectivity index (χ3n) is 3.09. The standard InChI is InChI=1S/C15H21N3O/c1-12(2)18(3)10-4-5-15(19)17-14-8-6-13(11-16)7-9-14/h6-9,12H,4-5,10H2,1-3H3,(H,17,19). The second-order valence-electron chi connectivity index (χ2n) is 4.92. The Bertz CT molecular complexity index is 445. The highest BCUT2D eigenvalue weighted by Crippen LogP contribution is 2.09. The first-order chi connectivity index (χ1) is 9.02. The molecule has 1 rings (SSSR count). The van der Waals surface area contributed by atoms with Gasteiger partial charge in [0, 0.05) is 18.2 Å². The van der Waals surface area contributed by atoms with E-state index in [0.717, 1.165) is 18.7 Å². The molecular weight excluding hydrogens is 238 g/mol. The van der Waals surface area contributed by atoms with Gasteiger partial charge in [0.2, 0.25) is 5.91 Å². The van der Waals surface area contributed by atoms with Gasteiger partial charge in [-0.05, 0) is 58.1 Å². The van der Waals surface area contributed by atoms with Crippen LogP contribution in [0.5, 0.6) is 0 Å². The topological polar surface area (TPSA) is 56.1 Å². The summed E-state index contributed by atoms with van der Waals surface area (Å²) in [6.07, 6.45) is 1.36. The van der Waals surface area contributed by atoms with Gasteiger partial charge in [-0.2, -0.15) is 5.26 Å². The third kappa shape index (κ3) is 5.54. The number of carbonyl (C=O) groups excluding carboxylic acids is 1. The second kappa shape index (κ2) is 7.55. The van der Waals surface area contributed by atoms with Crippen LogP contribution in [0.1, 0.15) is 32.3 Å². The van der Waals surface area contributed by atoms with Crippen LogP contribution in [-0.4, -0.2) is 30.4 Å². The summed E-state index contributed by atoms with van der Waals surface area (Å²) in [6.45, 7) is 5.19. The van der Waals surface area contributed by atoms with Gasteiger partial charge in [-0.25, -0.2) is 0 Å². The molecule has 0 unspecified atom stereocenters. The molecule has 0 heterocycles. The van der Waals surface area contributed by atoms with Crippen molar-refractivity contribution in [2.75, 3.05) is 18.9 Å². The Hall–Kier alpha value is -1.86. The number of amides is 1. The van der Waals surface area contributed by atoms with E-state index in [9.17, 15) is 4.79 Å². The molecule has 0 aliphatic heterocycles. The fourth-order valence-electron chi connectivity index (χ4n) is 1.60. The highest BCUT2D eigenvalue weighted by Gasteiger charge is 2.06. The van der Waals surface area contributed by atoms with Gasteiger partial charge in [0.05, 0.1) is 11.6 Å². The van der Waals surface area contributed by atoms with Crippen molar-refractivity contribution in [3.8, 4) is 6.07 Å². The highest BCUT2D eigenvalue weighted by molar-refractivity contribution is 5.90. The van der Waals surface area contributed by atoms with Crippen LogP contribution in [0, 0.1) is 11.3 Å². The van der Waals surface area contributed by atoms with Crippen LogP contribution in [0.3, 0.4) is 0 Å². The first-order valence-corrected chi connectivity index (χ1v) is 6.53. The van der Waals surface area contributed by atoms with Gasteiger partial charge in [-0.3, -0.25) is 4.79 Å². The summed E-state index contributed by atoms with van der Waals surface area (Å²) < 4.78 is 0. The van der Waals surface area contributed by atoms with Crippen LogP contribution in [-0.2, 0) is 4.79 Å². The van der Waals surface area contributed by atoms with Gasteiger partial charge in [-0.15, -0.1) is 0 Å². The molecule has 4 heteroatoms. The molecule has 0 aliphatic carbocycles. The van der Waals surface area contributed by atoms with E-state index in [0.29, 0.717) is 18.0 Å². The van der Waals surface area contributed by atoms with Crippen LogP contribution >= 0.6 is 0 Å². The Morgan fingerprint density at radius 3 is 2.53 bits per heavy atom. The molecule has 19 heavy (non-hydrogen) atoms. The SMILES string of the molecule is CC(C)N(C)CCCC(=O)Nc1ccc(C#N)cc1. The van der Waals surface area contributed by atoms with E-state index in [2.05, 4.69) is 31.1 Å². The zero-order chi connectivity index (χ0) is 14.3. The number of nitrogens with one attached hydrogen (secondary N) is 1. The van der Waals surface area contributed by atoms with Gasteiger partial charge in [0.1, 0.15) is 0 Å². The lowest BCUT2D eigenvalue weighted by Gasteiger charge is -2.20. The minimum atomic E-state index is 0.0156. The number of rotatable bonds is 6. The maximum Gasteiger partial charge on any atom is 0.224 e. The maximum absolute atomic E-state index is 11.7. The summed E-state index contributed by atoms with van der Waals surface area (Å²) in [5, 5.41) is 11.5. The van der Waals surface area contributed by atoms with Crippen LogP contribution in [0.2, 0.25) is 0 Å². The summed E-state index contributed by atoms with van der Waals surface area (Å²) in [6, 6.07) is 9.43. The summed E-state index contributed by atoms with van der Waals surface area (Å²) in [5.74, 6) is 0.0156. The highest BCUT2D eigenvalue weighted by atomic mass is 16.1. The van der Waals surface area contributed by atoms with Gasteiger partial charge in [0.15, 0.2) is 0 Å². The van der Waals surface area contributed by atoms with Gasteiger partial charge in [-0.1, -0.05) is 0 Å². The summed E-state index contributed by atoms with van der Waals surface area (Å²) in [5.41, 5.74) is 1.33. The van der Waals surface area contributed by atoms with Crippen LogP contribution in [0.15, 0.2) is 24.3 Å². The summed E-state index contributed by atoms with van der Waals surface area (Å²) in [7, 11) is 2.06. The molecule has 0 aromatic heterocycles. The monoisotopic (exact) mass is 259 g/mol. The number of benzene rings is 1. The fraction of sp³-hybridized carbons (Fsp3) is 0.467. The van der Waals surface area contributed by atoms with E-state index in [1.54, 1.807) is 24.3 Å². The molecule has 0 saturated carbocycles. The minimum absolute atomic E-state index is 0.0156. The van der Waals surface area contributed by atoms with Crippen molar-refractivity contribution in [3.05, 3.63) is 29.8 Å². The quantitative estimate of drug-likeness (QED) is 0.854. The van der Waals surface area contributed by atoms with Crippen molar-refractivity contribution in [2.45, 2.75) is 32.7 Å². The van der Waals surface area contributed by atoms with E-state index >= 15 is 0 Å². The van der Waals surface area contributed by atoms with E-state index in [1.807, 2.05) is 6.07 Å². The summed E-state index contributed by atoms with van der Waals surface area (Å²) in [4.78, 5) is 13.9. The average molecular weight is 259 g/mol. The zero-order valence-electron chi connectivity index (χ0n) is 11.8. The lowest BCUT2D eigenvalue weighted by atomic mass is 10.2. The molecule has 0 spiro atoms. The number of anilines is 1. The molecular formula is C15H21N3O. The normalized spacial score (nSPS) is 10.5. The second-order valence-corrected chi connectivity index (χ2v) is 4.92. The van der Waals surface area contributed by atoms with E-state index in [4.69, 9.17) is 5.26 Å². The molecule has 0 bridgehead atoms. The van der Waals surface area contributed by atoms with Crippen molar-refractivity contribution in [1.82, 2.24) is 4.90 Å². The van der Waals surface area contributed by atoms with Gasteiger partial charge < -0.3 is 10.2 Å². The number of nitrogens with zero attached hydrogens (tertiary/aromatic N) is 2. The zero-order valence-corrected chi connectivity index (χ0v) is 11.8. The number of carbonyl (C=O) groups is 1.